The minimum Gasteiger partial charge on any atom is -0.463 e. The second-order valence-corrected chi connectivity index (χ2v) is 5.32. The summed E-state index contributed by atoms with van der Waals surface area (Å²) < 4.78 is 14.9. The van der Waals surface area contributed by atoms with Gasteiger partial charge in [-0.25, -0.2) is 4.79 Å². The van der Waals surface area contributed by atoms with Gasteiger partial charge in [-0.05, 0) is 50.2 Å². The van der Waals surface area contributed by atoms with Crippen molar-refractivity contribution >= 4 is 23.3 Å². The molecule has 1 aromatic carbocycles. The zero-order valence-electron chi connectivity index (χ0n) is 14.1. The van der Waals surface area contributed by atoms with Crippen LogP contribution in [-0.2, 0) is 14.3 Å². The lowest BCUT2D eigenvalue weighted by atomic mass is 10.1. The summed E-state index contributed by atoms with van der Waals surface area (Å²) in [6.45, 7) is 4.19. The molecular weight excluding hydrogens is 328 g/mol. The Hall–Kier alpha value is -3.16. The van der Waals surface area contributed by atoms with Crippen molar-refractivity contribution in [2.45, 2.75) is 26.9 Å². The van der Waals surface area contributed by atoms with Crippen LogP contribution in [0.15, 0.2) is 34.9 Å². The van der Waals surface area contributed by atoms with E-state index in [4.69, 9.17) is 14.0 Å². The number of amides is 1. The van der Waals surface area contributed by atoms with Crippen molar-refractivity contribution in [3.05, 3.63) is 41.7 Å². The first kappa shape index (κ1) is 18.2. The molecule has 1 N–H and O–H groups in total. The Bertz CT molecular complexity index is 766. The number of anilines is 1. The van der Waals surface area contributed by atoms with E-state index in [9.17, 15) is 14.4 Å². The van der Waals surface area contributed by atoms with Crippen LogP contribution in [0.5, 0.6) is 5.88 Å². The first-order valence-corrected chi connectivity index (χ1v) is 7.52. The van der Waals surface area contributed by atoms with Crippen LogP contribution in [0.1, 0.15) is 30.0 Å². The third kappa shape index (κ3) is 5.45. The standard InChI is InChI=1S/C17H18N2O6/c1-10-8-15(19-25-10)23-9-16(21)24-12(3)17(22)18-14-6-4-13(5-7-14)11(2)20/h4-8,12H,9H2,1-3H3,(H,18,22)/t12-/m1/s1. The summed E-state index contributed by atoms with van der Waals surface area (Å²) in [6.07, 6.45) is -1.01. The number of rotatable bonds is 7. The van der Waals surface area contributed by atoms with Crippen molar-refractivity contribution in [1.82, 2.24) is 5.16 Å². The summed E-state index contributed by atoms with van der Waals surface area (Å²) in [4.78, 5) is 34.9. The molecule has 1 amide bonds. The van der Waals surface area contributed by atoms with Gasteiger partial charge in [-0.15, -0.1) is 0 Å². The van der Waals surface area contributed by atoms with Crippen LogP contribution < -0.4 is 10.1 Å². The van der Waals surface area contributed by atoms with Gasteiger partial charge in [0.1, 0.15) is 5.76 Å². The van der Waals surface area contributed by atoms with Gasteiger partial charge < -0.3 is 19.3 Å². The number of aromatic nitrogens is 1. The van der Waals surface area contributed by atoms with Crippen molar-refractivity contribution in [3.63, 3.8) is 0 Å². The molecule has 25 heavy (non-hydrogen) atoms. The molecule has 0 saturated heterocycles. The van der Waals surface area contributed by atoms with Crippen LogP contribution in [0.25, 0.3) is 0 Å². The van der Waals surface area contributed by atoms with Crippen LogP contribution in [0.2, 0.25) is 0 Å². The number of hydrogen-bond acceptors (Lipinski definition) is 7. The third-order valence-corrected chi connectivity index (χ3v) is 3.18. The highest BCUT2D eigenvalue weighted by Crippen LogP contribution is 2.12. The van der Waals surface area contributed by atoms with Crippen molar-refractivity contribution in [1.29, 1.82) is 0 Å². The van der Waals surface area contributed by atoms with E-state index in [2.05, 4.69) is 10.5 Å². The molecule has 8 nitrogen and oxygen atoms in total. The number of ether oxygens (including phenoxy) is 2. The van der Waals surface area contributed by atoms with E-state index < -0.39 is 24.6 Å². The topological polar surface area (TPSA) is 108 Å². The molecule has 0 unspecified atom stereocenters. The molecule has 2 rings (SSSR count). The number of Topliss-reactive ketones (excluding diaryl/α,β-unsaturated/α-hetero) is 1. The lowest BCUT2D eigenvalue weighted by molar-refractivity contribution is -0.155. The van der Waals surface area contributed by atoms with Gasteiger partial charge in [0.05, 0.1) is 0 Å². The van der Waals surface area contributed by atoms with Crippen LogP contribution in [0, 0.1) is 6.92 Å². The number of aryl methyl sites for hydroxylation is 1. The maximum atomic E-state index is 12.0. The smallest absolute Gasteiger partial charge is 0.345 e. The summed E-state index contributed by atoms with van der Waals surface area (Å²) in [7, 11) is 0. The van der Waals surface area contributed by atoms with E-state index in [0.29, 0.717) is 17.0 Å². The Balaban J connectivity index is 1.80. The van der Waals surface area contributed by atoms with Crippen LogP contribution >= 0.6 is 0 Å². The van der Waals surface area contributed by atoms with Gasteiger partial charge >= 0.3 is 5.97 Å². The zero-order valence-corrected chi connectivity index (χ0v) is 14.1. The number of hydrogen-bond donors (Lipinski definition) is 1. The first-order valence-electron chi connectivity index (χ1n) is 7.52. The van der Waals surface area contributed by atoms with Gasteiger partial charge in [-0.1, -0.05) is 0 Å². The van der Waals surface area contributed by atoms with Crippen molar-refractivity contribution in [2.75, 3.05) is 11.9 Å². The first-order chi connectivity index (χ1) is 11.8. The highest BCUT2D eigenvalue weighted by Gasteiger charge is 2.18. The second-order valence-electron chi connectivity index (χ2n) is 5.32. The predicted molar refractivity (Wildman–Crippen MR) is 87.4 cm³/mol. The average Bonchev–Trinajstić information content (AvgIpc) is 2.99. The highest BCUT2D eigenvalue weighted by molar-refractivity contribution is 5.97. The summed E-state index contributed by atoms with van der Waals surface area (Å²) in [5.41, 5.74) is 1.03. The Labute approximate surface area is 144 Å². The molecule has 0 aliphatic heterocycles. The van der Waals surface area contributed by atoms with Gasteiger partial charge in [-0.2, -0.15) is 0 Å². The number of benzene rings is 1. The predicted octanol–water partition coefficient (Wildman–Crippen LogP) is 2.13. The highest BCUT2D eigenvalue weighted by atomic mass is 16.6. The second kappa shape index (κ2) is 8.09. The number of carbonyl (C=O) groups is 3. The SMILES string of the molecule is CC(=O)c1ccc(NC(=O)[C@@H](C)OC(=O)COc2cc(C)on2)cc1. The van der Waals surface area contributed by atoms with E-state index >= 15 is 0 Å². The molecule has 0 spiro atoms. The fraction of sp³-hybridized carbons (Fsp3) is 0.294. The van der Waals surface area contributed by atoms with Crippen molar-refractivity contribution < 1.29 is 28.4 Å². The van der Waals surface area contributed by atoms with E-state index in [1.807, 2.05) is 0 Å². The minimum absolute atomic E-state index is 0.0671. The van der Waals surface area contributed by atoms with Crippen LogP contribution in [0.4, 0.5) is 5.69 Å². The lowest BCUT2D eigenvalue weighted by Crippen LogP contribution is -2.31. The summed E-state index contributed by atoms with van der Waals surface area (Å²) in [5.74, 6) is -0.567. The van der Waals surface area contributed by atoms with Gasteiger partial charge in [0.25, 0.3) is 11.8 Å². The molecule has 0 saturated carbocycles. The molecule has 1 heterocycles. The number of ketones is 1. The Morgan fingerprint density at radius 2 is 1.92 bits per heavy atom. The molecule has 132 valence electrons. The monoisotopic (exact) mass is 346 g/mol. The molecule has 0 radical (unpaired) electrons. The van der Waals surface area contributed by atoms with Crippen LogP contribution in [-0.4, -0.2) is 35.5 Å². The largest absolute Gasteiger partial charge is 0.463 e. The zero-order chi connectivity index (χ0) is 18.4. The maximum absolute atomic E-state index is 12.0. The molecule has 8 heteroatoms. The fourth-order valence-electron chi connectivity index (χ4n) is 1.86. The molecule has 1 aromatic heterocycles. The average molecular weight is 346 g/mol. The quantitative estimate of drug-likeness (QED) is 0.604. The third-order valence-electron chi connectivity index (χ3n) is 3.18. The Morgan fingerprint density at radius 3 is 2.48 bits per heavy atom. The lowest BCUT2D eigenvalue weighted by Gasteiger charge is -2.13. The molecule has 2 aromatic rings. The molecule has 1 atom stereocenters. The molecule has 0 fully saturated rings. The van der Waals surface area contributed by atoms with Gasteiger partial charge in [0.15, 0.2) is 18.5 Å². The summed E-state index contributed by atoms with van der Waals surface area (Å²) >= 11 is 0. The van der Waals surface area contributed by atoms with Gasteiger partial charge in [0.2, 0.25) is 0 Å². The van der Waals surface area contributed by atoms with E-state index in [1.165, 1.54) is 19.9 Å². The minimum atomic E-state index is -1.01. The number of nitrogens with zero attached hydrogens (tertiary/aromatic N) is 1. The molecular formula is C17H18N2O6. The maximum Gasteiger partial charge on any atom is 0.345 e. The van der Waals surface area contributed by atoms with Gasteiger partial charge in [-0.3, -0.25) is 9.59 Å². The number of esters is 1. The molecule has 0 bridgehead atoms. The summed E-state index contributed by atoms with van der Waals surface area (Å²) in [6, 6.07) is 7.91. The summed E-state index contributed by atoms with van der Waals surface area (Å²) in [5, 5.41) is 6.16. The van der Waals surface area contributed by atoms with Crippen molar-refractivity contribution in [2.24, 2.45) is 0 Å². The normalized spacial score (nSPS) is 11.5. The van der Waals surface area contributed by atoms with Crippen LogP contribution in [0.3, 0.4) is 0 Å². The number of nitrogens with one attached hydrogen (secondary N) is 1. The molecule has 0 aliphatic carbocycles. The Morgan fingerprint density at radius 1 is 1.24 bits per heavy atom. The van der Waals surface area contributed by atoms with E-state index in [0.717, 1.165) is 0 Å². The Kier molecular flexibility index (Phi) is 5.89. The molecule has 0 aliphatic rings. The number of carbonyl (C=O) groups excluding carboxylic acids is 3. The van der Waals surface area contributed by atoms with E-state index in [1.54, 1.807) is 31.2 Å². The fourth-order valence-corrected chi connectivity index (χ4v) is 1.86. The van der Waals surface area contributed by atoms with Gasteiger partial charge in [0, 0.05) is 17.3 Å². The van der Waals surface area contributed by atoms with E-state index in [-0.39, 0.29) is 11.7 Å². The van der Waals surface area contributed by atoms with Crippen molar-refractivity contribution in [3.8, 4) is 5.88 Å².